The first-order valence-electron chi connectivity index (χ1n) is 6.80. The van der Waals surface area contributed by atoms with Gasteiger partial charge in [-0.3, -0.25) is 10.1 Å². The lowest BCUT2D eigenvalue weighted by molar-refractivity contribution is -0.385. The molecule has 0 bridgehead atoms. The van der Waals surface area contributed by atoms with Gasteiger partial charge >= 0.3 is 17.2 Å². The highest BCUT2D eigenvalue weighted by Crippen LogP contribution is 2.34. The van der Waals surface area contributed by atoms with Gasteiger partial charge in [-0.1, -0.05) is 0 Å². The number of alkyl halides is 3. The Kier molecular flexibility index (Phi) is 5.35. The second-order valence-corrected chi connectivity index (χ2v) is 6.64. The summed E-state index contributed by atoms with van der Waals surface area (Å²) in [5.41, 5.74) is -7.45. The number of hydrogen-bond donors (Lipinski definition) is 0. The number of nitro benzene ring substituents is 1. The molecule has 0 atom stereocenters. The van der Waals surface area contributed by atoms with Crippen LogP contribution in [0.4, 0.5) is 18.9 Å². The van der Waals surface area contributed by atoms with Crippen LogP contribution in [0.1, 0.15) is 10.4 Å². The molecule has 1 heterocycles. The van der Waals surface area contributed by atoms with Gasteiger partial charge in [-0.2, -0.15) is 13.2 Å². The van der Waals surface area contributed by atoms with Gasteiger partial charge < -0.3 is 9.47 Å². The van der Waals surface area contributed by atoms with Gasteiger partial charge in [0.1, 0.15) is 5.75 Å². The quantitative estimate of drug-likeness (QED) is 0.321. The number of carbonyl (C=O) groups excluding carboxylic acids is 1. The van der Waals surface area contributed by atoms with Crippen molar-refractivity contribution in [2.24, 2.45) is 0 Å². The van der Waals surface area contributed by atoms with Gasteiger partial charge in [0.05, 0.1) is 23.7 Å². The van der Waals surface area contributed by atoms with E-state index in [1.54, 1.807) is 0 Å². The van der Waals surface area contributed by atoms with E-state index in [1.165, 1.54) is 13.2 Å². The minimum Gasteiger partial charge on any atom is -0.496 e. The van der Waals surface area contributed by atoms with Gasteiger partial charge in [0.2, 0.25) is 5.75 Å². The molecule has 1 aromatic carbocycles. The highest BCUT2D eigenvalue weighted by atomic mass is 32.2. The molecule has 0 aliphatic carbocycles. The molecule has 27 heavy (non-hydrogen) atoms. The molecule has 2 aromatic rings. The Morgan fingerprint density at radius 2 is 1.93 bits per heavy atom. The average molecular weight is 406 g/mol. The molecule has 0 radical (unpaired) electrons. The number of ether oxygens (including phenoxy) is 2. The second kappa shape index (κ2) is 7.19. The van der Waals surface area contributed by atoms with E-state index in [1.807, 2.05) is 0 Å². The number of aromatic nitrogens is 1. The Morgan fingerprint density at radius 1 is 1.26 bits per heavy atom. The van der Waals surface area contributed by atoms with Crippen LogP contribution in [0.2, 0.25) is 0 Å². The predicted molar refractivity (Wildman–Crippen MR) is 82.1 cm³/mol. The van der Waals surface area contributed by atoms with Crippen molar-refractivity contribution in [2.45, 2.75) is 10.5 Å². The molecule has 9 nitrogen and oxygen atoms in total. The zero-order chi connectivity index (χ0) is 20.4. The van der Waals surface area contributed by atoms with Crippen molar-refractivity contribution in [2.75, 3.05) is 7.11 Å². The predicted octanol–water partition coefficient (Wildman–Crippen LogP) is 2.51. The zero-order valence-electron chi connectivity index (χ0n) is 13.3. The minimum atomic E-state index is -5.95. The van der Waals surface area contributed by atoms with Crippen LogP contribution >= 0.6 is 0 Å². The molecule has 0 aliphatic rings. The fourth-order valence-corrected chi connectivity index (χ4v) is 2.74. The van der Waals surface area contributed by atoms with Crippen LogP contribution in [0.3, 0.4) is 0 Å². The number of methoxy groups -OCH3 is 1. The van der Waals surface area contributed by atoms with Crippen LogP contribution in [-0.2, 0) is 9.84 Å². The maximum atomic E-state index is 12.8. The molecule has 0 aliphatic heterocycles. The summed E-state index contributed by atoms with van der Waals surface area (Å²) < 4.78 is 70.9. The largest absolute Gasteiger partial charge is 0.503 e. The van der Waals surface area contributed by atoms with Crippen LogP contribution in [0.25, 0.3) is 0 Å². The standard InChI is InChI=1S/C14H9F3N2O7S/c1-25-8-4-5-11(10(7-8)19(21)22)26-13(20)9-3-2-6-18-12(9)27(23,24)14(15,16)17/h2-7H,1H3. The summed E-state index contributed by atoms with van der Waals surface area (Å²) in [7, 11) is -4.72. The van der Waals surface area contributed by atoms with E-state index in [4.69, 9.17) is 9.47 Å². The molecule has 0 saturated carbocycles. The van der Waals surface area contributed by atoms with Crippen molar-refractivity contribution in [3.63, 3.8) is 0 Å². The number of pyridine rings is 1. The lowest BCUT2D eigenvalue weighted by Gasteiger charge is -2.11. The summed E-state index contributed by atoms with van der Waals surface area (Å²) in [5.74, 6) is -2.13. The summed E-state index contributed by atoms with van der Waals surface area (Å²) in [6, 6.07) is 4.84. The fraction of sp³-hybridized carbons (Fsp3) is 0.143. The molecule has 0 spiro atoms. The maximum Gasteiger partial charge on any atom is 0.503 e. The molecule has 0 N–H and O–H groups in total. The Hall–Kier alpha value is -3.22. The van der Waals surface area contributed by atoms with Gasteiger partial charge in [-0.25, -0.2) is 18.2 Å². The van der Waals surface area contributed by atoms with Crippen molar-refractivity contribution in [1.29, 1.82) is 0 Å². The van der Waals surface area contributed by atoms with E-state index in [9.17, 15) is 36.5 Å². The molecule has 2 rings (SSSR count). The number of halogens is 3. The van der Waals surface area contributed by atoms with E-state index in [0.717, 1.165) is 30.5 Å². The first kappa shape index (κ1) is 20.1. The summed E-state index contributed by atoms with van der Waals surface area (Å²) in [6.07, 6.45) is 0.741. The van der Waals surface area contributed by atoms with E-state index in [0.29, 0.717) is 0 Å². The third-order valence-electron chi connectivity index (χ3n) is 3.12. The summed E-state index contributed by atoms with van der Waals surface area (Å²) in [6.45, 7) is 0. The smallest absolute Gasteiger partial charge is 0.496 e. The first-order valence-corrected chi connectivity index (χ1v) is 8.28. The number of benzene rings is 1. The van der Waals surface area contributed by atoms with Crippen LogP contribution in [0.5, 0.6) is 11.5 Å². The van der Waals surface area contributed by atoms with Crippen molar-refractivity contribution in [1.82, 2.24) is 4.98 Å². The van der Waals surface area contributed by atoms with Crippen molar-refractivity contribution in [3.05, 3.63) is 52.2 Å². The van der Waals surface area contributed by atoms with Crippen molar-refractivity contribution in [3.8, 4) is 11.5 Å². The number of hydrogen-bond acceptors (Lipinski definition) is 8. The molecule has 0 amide bonds. The van der Waals surface area contributed by atoms with Gasteiger partial charge in [-0.15, -0.1) is 0 Å². The number of rotatable bonds is 5. The Bertz CT molecular complexity index is 1010. The van der Waals surface area contributed by atoms with Crippen LogP contribution in [-0.4, -0.2) is 36.9 Å². The first-order chi connectivity index (χ1) is 12.5. The Balaban J connectivity index is 2.49. The number of sulfone groups is 1. The van der Waals surface area contributed by atoms with Gasteiger partial charge in [0.25, 0.3) is 9.84 Å². The lowest BCUT2D eigenvalue weighted by Crippen LogP contribution is -2.27. The molecule has 1 aromatic heterocycles. The molecule has 144 valence electrons. The molecule has 0 saturated heterocycles. The topological polar surface area (TPSA) is 126 Å². The molecular formula is C14H9F3N2O7S. The number of nitrogens with zero attached hydrogens (tertiary/aromatic N) is 2. The zero-order valence-corrected chi connectivity index (χ0v) is 14.1. The van der Waals surface area contributed by atoms with Crippen LogP contribution in [0, 0.1) is 10.1 Å². The number of carbonyl (C=O) groups is 1. The summed E-state index contributed by atoms with van der Waals surface area (Å²) in [4.78, 5) is 25.4. The van der Waals surface area contributed by atoms with E-state index in [2.05, 4.69) is 4.98 Å². The highest BCUT2D eigenvalue weighted by Gasteiger charge is 2.49. The SMILES string of the molecule is COc1ccc(OC(=O)c2cccnc2S(=O)(=O)C(F)(F)F)c([N+](=O)[O-])c1. The Labute approximate surface area is 149 Å². The number of esters is 1. The monoisotopic (exact) mass is 406 g/mol. The van der Waals surface area contributed by atoms with Gasteiger partial charge in [0, 0.05) is 6.20 Å². The molecule has 13 heteroatoms. The average Bonchev–Trinajstić information content (AvgIpc) is 2.60. The van der Waals surface area contributed by atoms with E-state index < -0.39 is 48.3 Å². The van der Waals surface area contributed by atoms with E-state index in [-0.39, 0.29) is 5.75 Å². The summed E-state index contributed by atoms with van der Waals surface area (Å²) in [5, 5.41) is 9.50. The summed E-state index contributed by atoms with van der Waals surface area (Å²) >= 11 is 0. The third-order valence-corrected chi connectivity index (χ3v) is 4.56. The minimum absolute atomic E-state index is 0.0585. The number of nitro groups is 1. The van der Waals surface area contributed by atoms with E-state index >= 15 is 0 Å². The van der Waals surface area contributed by atoms with Crippen molar-refractivity contribution < 1.29 is 40.8 Å². The maximum absolute atomic E-state index is 12.8. The third kappa shape index (κ3) is 3.97. The normalized spacial score (nSPS) is 11.7. The van der Waals surface area contributed by atoms with Crippen LogP contribution < -0.4 is 9.47 Å². The second-order valence-electron chi connectivity index (χ2n) is 4.79. The molecule has 0 fully saturated rings. The fourth-order valence-electron chi connectivity index (χ4n) is 1.88. The highest BCUT2D eigenvalue weighted by molar-refractivity contribution is 7.92. The van der Waals surface area contributed by atoms with Crippen LogP contribution in [0.15, 0.2) is 41.6 Å². The van der Waals surface area contributed by atoms with Gasteiger partial charge in [-0.05, 0) is 24.3 Å². The Morgan fingerprint density at radius 3 is 2.48 bits per heavy atom. The molecule has 0 unspecified atom stereocenters. The van der Waals surface area contributed by atoms with Gasteiger partial charge in [0.15, 0.2) is 5.03 Å². The molecular weight excluding hydrogens is 397 g/mol. The lowest BCUT2D eigenvalue weighted by atomic mass is 10.2. The van der Waals surface area contributed by atoms with Crippen molar-refractivity contribution >= 4 is 21.5 Å².